The molecule has 1 aliphatic carbocycles. The zero-order valence-electron chi connectivity index (χ0n) is 15.8. The molecule has 28 heavy (non-hydrogen) atoms. The van der Waals surface area contributed by atoms with Gasteiger partial charge in [0, 0.05) is 55.4 Å². The van der Waals surface area contributed by atoms with E-state index in [1.54, 1.807) is 19.2 Å². The number of nitrogens with two attached hydrogens (primary N) is 1. The van der Waals surface area contributed by atoms with E-state index in [-0.39, 0.29) is 5.84 Å². The van der Waals surface area contributed by atoms with Gasteiger partial charge in [-0.1, -0.05) is 0 Å². The summed E-state index contributed by atoms with van der Waals surface area (Å²) in [6.45, 7) is 4.66. The Kier molecular flexibility index (Phi) is 4.84. The normalized spacial score (nSPS) is 23.9. The molecule has 144 valence electrons. The van der Waals surface area contributed by atoms with Gasteiger partial charge >= 0.3 is 0 Å². The SMILES string of the molecule is C/C(N)=C/C(=N)Nc1cc2ncccc2c(N[C@@H]2[C@@H]3CN(CCC#N)C[C@@H]32)n1. The van der Waals surface area contributed by atoms with Crippen LogP contribution in [0.15, 0.2) is 36.2 Å². The van der Waals surface area contributed by atoms with Crippen LogP contribution in [-0.4, -0.2) is 46.4 Å². The van der Waals surface area contributed by atoms with Gasteiger partial charge in [-0.05, 0) is 37.0 Å². The van der Waals surface area contributed by atoms with Crippen molar-refractivity contribution in [3.63, 3.8) is 0 Å². The third kappa shape index (κ3) is 3.75. The smallest absolute Gasteiger partial charge is 0.138 e. The average Bonchev–Trinajstić information content (AvgIpc) is 3.09. The lowest BCUT2D eigenvalue weighted by Gasteiger charge is -2.19. The van der Waals surface area contributed by atoms with E-state index in [1.165, 1.54) is 0 Å². The summed E-state index contributed by atoms with van der Waals surface area (Å²) in [5, 5.41) is 24.3. The molecule has 0 radical (unpaired) electrons. The molecule has 1 saturated heterocycles. The van der Waals surface area contributed by atoms with Crippen molar-refractivity contribution in [3.8, 4) is 6.07 Å². The monoisotopic (exact) mass is 376 g/mol. The van der Waals surface area contributed by atoms with Gasteiger partial charge in [0.1, 0.15) is 17.5 Å². The van der Waals surface area contributed by atoms with E-state index in [4.69, 9.17) is 21.4 Å². The molecule has 3 heterocycles. The van der Waals surface area contributed by atoms with E-state index in [0.717, 1.165) is 36.4 Å². The summed E-state index contributed by atoms with van der Waals surface area (Å²) in [7, 11) is 0. The lowest BCUT2D eigenvalue weighted by Crippen LogP contribution is -2.29. The molecule has 0 spiro atoms. The molecule has 2 aliphatic rings. The van der Waals surface area contributed by atoms with E-state index < -0.39 is 0 Å². The van der Waals surface area contributed by atoms with Gasteiger partial charge in [0.15, 0.2) is 0 Å². The number of rotatable bonds is 6. The fraction of sp³-hybridized carbons (Fsp3) is 0.400. The molecule has 0 aromatic carbocycles. The first-order valence-corrected chi connectivity index (χ1v) is 9.46. The number of fused-ring (bicyclic) bond motifs is 2. The number of hydrogen-bond acceptors (Lipinski definition) is 7. The van der Waals surface area contributed by atoms with E-state index in [1.807, 2.05) is 18.2 Å². The third-order valence-corrected chi connectivity index (χ3v) is 5.35. The van der Waals surface area contributed by atoms with Crippen LogP contribution in [0.2, 0.25) is 0 Å². The number of pyridine rings is 2. The molecule has 4 rings (SSSR count). The zero-order valence-corrected chi connectivity index (χ0v) is 15.8. The lowest BCUT2D eigenvalue weighted by atomic mass is 10.2. The molecule has 0 bridgehead atoms. The summed E-state index contributed by atoms with van der Waals surface area (Å²) in [5.41, 5.74) is 7.03. The summed E-state index contributed by atoms with van der Waals surface area (Å²) in [6, 6.07) is 8.37. The van der Waals surface area contributed by atoms with Gasteiger partial charge in [-0.2, -0.15) is 5.26 Å². The second-order valence-corrected chi connectivity index (χ2v) is 7.52. The maximum absolute atomic E-state index is 8.75. The maximum atomic E-state index is 8.75. The first kappa shape index (κ1) is 18.2. The average molecular weight is 376 g/mol. The highest BCUT2D eigenvalue weighted by Gasteiger charge is 2.55. The predicted octanol–water partition coefficient (Wildman–Crippen LogP) is 2.14. The van der Waals surface area contributed by atoms with E-state index >= 15 is 0 Å². The Bertz CT molecular complexity index is 960. The van der Waals surface area contributed by atoms with Gasteiger partial charge in [0.25, 0.3) is 0 Å². The van der Waals surface area contributed by atoms with Gasteiger partial charge in [0.2, 0.25) is 0 Å². The standard InChI is InChI=1S/C20H24N8/c1-12(22)8-17(23)25-18-9-16-13(4-2-6-24-16)20(26-18)27-19-14-10-28(7-3-5-21)11-15(14)19/h2,4,6,8-9,14-15,19H,3,7,10-11,22H2,1H3,(H3,23,25,26,27)/b12-8-/t14-,15+,19-. The Morgan fingerprint density at radius 1 is 1.46 bits per heavy atom. The van der Waals surface area contributed by atoms with Crippen LogP contribution in [0, 0.1) is 28.6 Å². The number of allylic oxidation sites excluding steroid dienone is 1. The van der Waals surface area contributed by atoms with E-state index in [0.29, 0.717) is 35.8 Å². The minimum absolute atomic E-state index is 0.185. The van der Waals surface area contributed by atoms with Gasteiger partial charge in [0.05, 0.1) is 11.6 Å². The van der Waals surface area contributed by atoms with Crippen molar-refractivity contribution >= 4 is 28.4 Å². The summed E-state index contributed by atoms with van der Waals surface area (Å²) >= 11 is 0. The number of nitriles is 1. The molecule has 5 N–H and O–H groups in total. The fourth-order valence-corrected chi connectivity index (χ4v) is 4.03. The molecule has 8 heteroatoms. The number of piperidine rings is 1. The first-order valence-electron chi connectivity index (χ1n) is 9.46. The number of amidine groups is 1. The van der Waals surface area contributed by atoms with Gasteiger partial charge < -0.3 is 21.3 Å². The molecule has 2 aromatic rings. The number of aromatic nitrogens is 2. The van der Waals surface area contributed by atoms with Crippen LogP contribution >= 0.6 is 0 Å². The number of nitrogens with one attached hydrogen (secondary N) is 3. The van der Waals surface area contributed by atoms with Crippen LogP contribution in [0.4, 0.5) is 11.6 Å². The second kappa shape index (κ2) is 7.44. The topological polar surface area (TPSA) is 127 Å². The molecule has 0 unspecified atom stereocenters. The number of nitrogens with zero attached hydrogens (tertiary/aromatic N) is 4. The van der Waals surface area contributed by atoms with Crippen LogP contribution in [0.5, 0.6) is 0 Å². The highest BCUT2D eigenvalue weighted by molar-refractivity contribution is 6.03. The largest absolute Gasteiger partial charge is 0.402 e. The van der Waals surface area contributed by atoms with Gasteiger partial charge in [-0.15, -0.1) is 0 Å². The summed E-state index contributed by atoms with van der Waals surface area (Å²) in [5.74, 6) is 2.75. The minimum atomic E-state index is 0.185. The van der Waals surface area contributed by atoms with Crippen molar-refractivity contribution in [1.82, 2.24) is 14.9 Å². The Morgan fingerprint density at radius 3 is 2.96 bits per heavy atom. The van der Waals surface area contributed by atoms with Crippen molar-refractivity contribution < 1.29 is 0 Å². The van der Waals surface area contributed by atoms with Crippen LogP contribution < -0.4 is 16.4 Å². The van der Waals surface area contributed by atoms with Crippen LogP contribution in [0.3, 0.4) is 0 Å². The number of anilines is 2. The minimum Gasteiger partial charge on any atom is -0.402 e. The molecular formula is C20H24N8. The summed E-state index contributed by atoms with van der Waals surface area (Å²) in [4.78, 5) is 11.5. The quantitative estimate of drug-likeness (QED) is 0.449. The molecule has 2 aromatic heterocycles. The van der Waals surface area contributed by atoms with Crippen LogP contribution in [0.25, 0.3) is 10.9 Å². The molecule has 2 fully saturated rings. The molecule has 1 aliphatic heterocycles. The molecule has 1 saturated carbocycles. The Balaban J connectivity index is 1.50. The van der Waals surface area contributed by atoms with Crippen LogP contribution in [0.1, 0.15) is 13.3 Å². The number of likely N-dealkylation sites (tertiary alicyclic amines) is 1. The van der Waals surface area contributed by atoms with Gasteiger partial charge in [-0.3, -0.25) is 10.4 Å². The predicted molar refractivity (Wildman–Crippen MR) is 110 cm³/mol. The summed E-state index contributed by atoms with van der Waals surface area (Å²) in [6.07, 6.45) is 3.90. The highest BCUT2D eigenvalue weighted by Crippen LogP contribution is 2.47. The van der Waals surface area contributed by atoms with Crippen LogP contribution in [-0.2, 0) is 0 Å². The Hall–Kier alpha value is -3.18. The van der Waals surface area contributed by atoms with Gasteiger partial charge in [-0.25, -0.2) is 4.98 Å². The van der Waals surface area contributed by atoms with Crippen molar-refractivity contribution in [2.24, 2.45) is 17.6 Å². The zero-order chi connectivity index (χ0) is 19.7. The third-order valence-electron chi connectivity index (χ3n) is 5.35. The Morgan fingerprint density at radius 2 is 2.25 bits per heavy atom. The van der Waals surface area contributed by atoms with E-state index in [9.17, 15) is 0 Å². The van der Waals surface area contributed by atoms with Crippen molar-refractivity contribution in [1.29, 1.82) is 10.7 Å². The lowest BCUT2D eigenvalue weighted by molar-refractivity contribution is 0.307. The van der Waals surface area contributed by atoms with Crippen molar-refractivity contribution in [2.75, 3.05) is 30.3 Å². The number of hydrogen-bond donors (Lipinski definition) is 4. The molecule has 0 amide bonds. The first-order chi connectivity index (χ1) is 13.5. The highest BCUT2D eigenvalue weighted by atomic mass is 15.2. The van der Waals surface area contributed by atoms with Crippen molar-refractivity contribution in [3.05, 3.63) is 36.2 Å². The fourth-order valence-electron chi connectivity index (χ4n) is 4.03. The maximum Gasteiger partial charge on any atom is 0.138 e. The summed E-state index contributed by atoms with van der Waals surface area (Å²) < 4.78 is 0. The van der Waals surface area contributed by atoms with Crippen molar-refractivity contribution in [2.45, 2.75) is 19.4 Å². The molecule has 8 nitrogen and oxygen atoms in total. The van der Waals surface area contributed by atoms with E-state index in [2.05, 4.69) is 26.6 Å². The molecule has 3 atom stereocenters. The Labute approximate surface area is 164 Å². The second-order valence-electron chi connectivity index (χ2n) is 7.52. The molecular weight excluding hydrogens is 352 g/mol.